The number of rotatable bonds is 1. The van der Waals surface area contributed by atoms with Crippen LogP contribution in [0.3, 0.4) is 0 Å². The molecule has 0 atom stereocenters. The SMILES string of the molecule is CC(C)(C)c1ccc(C(C#CC#C[Si](C)(C)C)=C(Br)Br)cc1. The highest BCUT2D eigenvalue weighted by Gasteiger charge is 2.13. The fraction of sp³-hybridized carbons (Fsp3) is 0.368. The van der Waals surface area contributed by atoms with Crippen molar-refractivity contribution >= 4 is 45.5 Å². The third kappa shape index (κ3) is 6.57. The molecule has 1 aromatic rings. The van der Waals surface area contributed by atoms with Crippen LogP contribution in [0.5, 0.6) is 0 Å². The average Bonchev–Trinajstić information content (AvgIpc) is 2.36. The van der Waals surface area contributed by atoms with E-state index in [-0.39, 0.29) is 5.41 Å². The van der Waals surface area contributed by atoms with Crippen molar-refractivity contribution in [1.29, 1.82) is 0 Å². The topological polar surface area (TPSA) is 0 Å². The van der Waals surface area contributed by atoms with E-state index in [9.17, 15) is 0 Å². The Morgan fingerprint density at radius 3 is 1.91 bits per heavy atom. The van der Waals surface area contributed by atoms with E-state index in [1.54, 1.807) is 0 Å². The first-order valence-electron chi connectivity index (χ1n) is 7.20. The molecule has 0 spiro atoms. The summed E-state index contributed by atoms with van der Waals surface area (Å²) in [6.07, 6.45) is 0. The monoisotopic (exact) mass is 436 g/mol. The normalized spacial score (nSPS) is 10.9. The van der Waals surface area contributed by atoms with Gasteiger partial charge in [-0.25, -0.2) is 0 Å². The lowest BCUT2D eigenvalue weighted by molar-refractivity contribution is 0.590. The van der Waals surface area contributed by atoms with E-state index < -0.39 is 8.07 Å². The van der Waals surface area contributed by atoms with E-state index >= 15 is 0 Å². The highest BCUT2D eigenvalue weighted by atomic mass is 79.9. The molecule has 0 aliphatic heterocycles. The summed E-state index contributed by atoms with van der Waals surface area (Å²) in [5, 5.41) is 0. The van der Waals surface area contributed by atoms with Crippen molar-refractivity contribution in [2.75, 3.05) is 0 Å². The minimum Gasteiger partial charge on any atom is -0.118 e. The molecule has 0 unspecified atom stereocenters. The zero-order chi connectivity index (χ0) is 17.0. The third-order valence-corrected chi connectivity index (χ3v) is 4.58. The van der Waals surface area contributed by atoms with Gasteiger partial charge in [-0.2, -0.15) is 0 Å². The molecular weight excluding hydrogens is 416 g/mol. The van der Waals surface area contributed by atoms with Gasteiger partial charge < -0.3 is 0 Å². The predicted octanol–water partition coefficient (Wildman–Crippen LogP) is 6.33. The van der Waals surface area contributed by atoms with Crippen molar-refractivity contribution in [2.24, 2.45) is 0 Å². The second kappa shape index (κ2) is 7.69. The minimum atomic E-state index is -1.37. The van der Waals surface area contributed by atoms with Gasteiger partial charge in [0.2, 0.25) is 0 Å². The molecule has 1 rings (SSSR count). The highest BCUT2D eigenvalue weighted by Crippen LogP contribution is 2.29. The molecule has 0 heterocycles. The molecule has 0 amide bonds. The molecule has 0 fully saturated rings. The molecule has 0 nitrogen and oxygen atoms in total. The van der Waals surface area contributed by atoms with Crippen molar-refractivity contribution in [3.63, 3.8) is 0 Å². The molecule has 3 heteroatoms. The first-order valence-corrected chi connectivity index (χ1v) is 12.3. The molecule has 116 valence electrons. The first kappa shape index (κ1) is 19.3. The van der Waals surface area contributed by atoms with Crippen LogP contribution in [0.4, 0.5) is 0 Å². The van der Waals surface area contributed by atoms with E-state index in [1.807, 2.05) is 0 Å². The van der Waals surface area contributed by atoms with E-state index in [1.165, 1.54) is 5.56 Å². The molecule has 0 bridgehead atoms. The van der Waals surface area contributed by atoms with Crippen LogP contribution in [0.15, 0.2) is 27.7 Å². The van der Waals surface area contributed by atoms with Crippen LogP contribution in [0, 0.1) is 23.3 Å². The van der Waals surface area contributed by atoms with Gasteiger partial charge >= 0.3 is 0 Å². The number of benzene rings is 1. The van der Waals surface area contributed by atoms with Crippen LogP contribution in [-0.4, -0.2) is 8.07 Å². The second-order valence-corrected chi connectivity index (χ2v) is 14.6. The van der Waals surface area contributed by atoms with Gasteiger partial charge in [-0.3, -0.25) is 0 Å². The van der Waals surface area contributed by atoms with Gasteiger partial charge in [0.25, 0.3) is 0 Å². The van der Waals surface area contributed by atoms with Crippen molar-refractivity contribution in [3.8, 4) is 23.3 Å². The standard InChI is InChI=1S/C19H22Br2Si/c1-19(2,3)16-12-10-15(11-13-16)17(18(20)21)9-7-8-14-22(4,5)6/h10-13H,1-6H3. The Bertz CT molecular complexity index is 672. The molecule has 22 heavy (non-hydrogen) atoms. The van der Waals surface area contributed by atoms with Gasteiger partial charge in [0.1, 0.15) is 8.07 Å². The van der Waals surface area contributed by atoms with Gasteiger partial charge in [-0.15, -0.1) is 5.54 Å². The van der Waals surface area contributed by atoms with E-state index in [4.69, 9.17) is 0 Å². The van der Waals surface area contributed by atoms with Crippen LogP contribution in [0.25, 0.3) is 5.57 Å². The van der Waals surface area contributed by atoms with Gasteiger partial charge in [0.15, 0.2) is 0 Å². The summed E-state index contributed by atoms with van der Waals surface area (Å²) in [5.41, 5.74) is 6.73. The number of allylic oxidation sites excluding steroid dienone is 1. The summed E-state index contributed by atoms with van der Waals surface area (Å²) < 4.78 is 0.853. The Morgan fingerprint density at radius 2 is 1.50 bits per heavy atom. The molecule has 1 aromatic carbocycles. The number of hydrogen-bond donors (Lipinski definition) is 0. The van der Waals surface area contributed by atoms with Crippen LogP contribution in [-0.2, 0) is 5.41 Å². The lowest BCUT2D eigenvalue weighted by Crippen LogP contribution is -2.16. The molecule has 0 saturated carbocycles. The van der Waals surface area contributed by atoms with Crippen LogP contribution in [0.1, 0.15) is 31.9 Å². The van der Waals surface area contributed by atoms with Crippen LogP contribution >= 0.6 is 31.9 Å². The molecule has 0 N–H and O–H groups in total. The van der Waals surface area contributed by atoms with Gasteiger partial charge in [-0.1, -0.05) is 70.6 Å². The second-order valence-electron chi connectivity index (χ2n) is 7.21. The van der Waals surface area contributed by atoms with Crippen molar-refractivity contribution in [2.45, 2.75) is 45.8 Å². The summed E-state index contributed by atoms with van der Waals surface area (Å²) in [6.45, 7) is 13.3. The molecular formula is C19H22Br2Si. The zero-order valence-electron chi connectivity index (χ0n) is 14.1. The Hall–Kier alpha value is -0.743. The molecule has 0 aromatic heterocycles. The average molecular weight is 438 g/mol. The third-order valence-electron chi connectivity index (χ3n) is 2.92. The van der Waals surface area contributed by atoms with E-state index in [0.717, 1.165) is 14.5 Å². The van der Waals surface area contributed by atoms with Gasteiger partial charge in [0, 0.05) is 0 Å². The maximum absolute atomic E-state index is 3.48. The van der Waals surface area contributed by atoms with Gasteiger partial charge in [-0.05, 0) is 60.2 Å². The van der Waals surface area contributed by atoms with E-state index in [2.05, 4.69) is 120 Å². The molecule has 0 aliphatic rings. The first-order chi connectivity index (χ1) is 10.0. The summed E-state index contributed by atoms with van der Waals surface area (Å²) in [5.74, 6) is 9.11. The Labute approximate surface area is 153 Å². The minimum absolute atomic E-state index is 0.155. The summed E-state index contributed by atoms with van der Waals surface area (Å²) in [6, 6.07) is 8.54. The van der Waals surface area contributed by atoms with Crippen molar-refractivity contribution in [1.82, 2.24) is 0 Å². The summed E-state index contributed by atoms with van der Waals surface area (Å²) in [4.78, 5) is 0. The lowest BCUT2D eigenvalue weighted by atomic mass is 9.86. The number of hydrogen-bond acceptors (Lipinski definition) is 0. The predicted molar refractivity (Wildman–Crippen MR) is 109 cm³/mol. The Kier molecular flexibility index (Phi) is 6.75. The lowest BCUT2D eigenvalue weighted by Gasteiger charge is -2.19. The van der Waals surface area contributed by atoms with E-state index in [0.29, 0.717) is 0 Å². The molecule has 0 saturated heterocycles. The zero-order valence-corrected chi connectivity index (χ0v) is 18.2. The van der Waals surface area contributed by atoms with Crippen LogP contribution in [0.2, 0.25) is 19.6 Å². The quantitative estimate of drug-likeness (QED) is 0.355. The largest absolute Gasteiger partial charge is 0.130 e. The summed E-state index contributed by atoms with van der Waals surface area (Å²) >= 11 is 6.96. The Balaban J connectivity index is 3.12. The fourth-order valence-corrected chi connectivity index (χ4v) is 2.77. The maximum atomic E-state index is 3.48. The molecule has 0 aliphatic carbocycles. The summed E-state index contributed by atoms with van der Waals surface area (Å²) in [7, 11) is -1.37. The molecule has 0 radical (unpaired) electrons. The van der Waals surface area contributed by atoms with Crippen molar-refractivity contribution in [3.05, 3.63) is 38.8 Å². The van der Waals surface area contributed by atoms with Crippen molar-refractivity contribution < 1.29 is 0 Å². The highest BCUT2D eigenvalue weighted by molar-refractivity contribution is 9.28. The number of halogens is 2. The fourth-order valence-electron chi connectivity index (χ4n) is 1.68. The Morgan fingerprint density at radius 1 is 0.955 bits per heavy atom. The van der Waals surface area contributed by atoms with Gasteiger partial charge in [0.05, 0.1) is 8.96 Å². The maximum Gasteiger partial charge on any atom is 0.130 e. The smallest absolute Gasteiger partial charge is 0.118 e. The van der Waals surface area contributed by atoms with Crippen LogP contribution < -0.4 is 0 Å².